The molecule has 0 saturated carbocycles. The van der Waals surface area contributed by atoms with E-state index in [1.165, 1.54) is 0 Å². The van der Waals surface area contributed by atoms with E-state index in [9.17, 15) is 18.4 Å². The van der Waals surface area contributed by atoms with Crippen LogP contribution in [0.25, 0.3) is 0 Å². The summed E-state index contributed by atoms with van der Waals surface area (Å²) in [4.78, 5) is 23.2. The molecule has 0 aliphatic heterocycles. The smallest absolute Gasteiger partial charge is 0.363 e. The van der Waals surface area contributed by atoms with Crippen molar-refractivity contribution in [1.29, 1.82) is 0 Å². The molecule has 2 amide bonds. The molecule has 3 aromatic carbocycles. The molecule has 2 N–H and O–H groups in total. The molecule has 0 aliphatic rings. The van der Waals surface area contributed by atoms with Crippen LogP contribution in [-0.4, -0.2) is 18.4 Å². The Bertz CT molecular complexity index is 781. The maximum atomic E-state index is 13.4. The SMILES string of the molecule is O=C(CNC(=O)c1c(F)cccc1F)NCc1cc[cH-]c1.[Fe+2].c1cc[cH-]c1. The largest absolute Gasteiger partial charge is 2.00 e. The van der Waals surface area contributed by atoms with Crippen molar-refractivity contribution in [2.75, 3.05) is 6.54 Å². The molecule has 3 rings (SSSR count). The predicted octanol–water partition coefficient (Wildman–Crippen LogP) is 3.13. The molecule has 0 unspecified atom stereocenters. The molecule has 142 valence electrons. The number of hydrogen-bond donors (Lipinski definition) is 2. The monoisotopic (exact) mass is 412 g/mol. The first kappa shape index (κ1) is 22.3. The standard InChI is InChI=1S/C15H13F2N2O2.C5H5.Fe/c16-11-6-3-7-12(17)14(11)15(21)19-9-13(20)18-8-10-4-1-2-5-10;1-2-4-5-3-1;/h1-7H,8-9H2,(H,18,20)(H,19,21);1-5H;/q2*-1;+2. The van der Waals surface area contributed by atoms with Gasteiger partial charge in [0.05, 0.1) is 6.54 Å². The Kier molecular flexibility index (Phi) is 9.72. The Morgan fingerprint density at radius 2 is 1.56 bits per heavy atom. The van der Waals surface area contributed by atoms with Gasteiger partial charge in [0.15, 0.2) is 0 Å². The van der Waals surface area contributed by atoms with Crippen LogP contribution in [0.1, 0.15) is 15.9 Å². The molecular formula is C20H18F2FeN2O2. The number of hydrogen-bond acceptors (Lipinski definition) is 2. The van der Waals surface area contributed by atoms with Gasteiger partial charge in [-0.05, 0) is 18.7 Å². The van der Waals surface area contributed by atoms with Crippen LogP contribution in [0.2, 0.25) is 0 Å². The minimum atomic E-state index is -0.968. The zero-order valence-electron chi connectivity index (χ0n) is 14.3. The Morgan fingerprint density at radius 3 is 2.07 bits per heavy atom. The van der Waals surface area contributed by atoms with Crippen molar-refractivity contribution in [2.24, 2.45) is 0 Å². The van der Waals surface area contributed by atoms with Crippen molar-refractivity contribution >= 4 is 11.8 Å². The van der Waals surface area contributed by atoms with E-state index in [-0.39, 0.29) is 23.6 Å². The van der Waals surface area contributed by atoms with Crippen molar-refractivity contribution in [3.05, 3.63) is 95.6 Å². The number of benzene rings is 1. The third-order valence-corrected chi connectivity index (χ3v) is 3.38. The summed E-state index contributed by atoms with van der Waals surface area (Å²) in [5.74, 6) is -3.34. The minimum Gasteiger partial charge on any atom is -0.363 e. The molecule has 0 heterocycles. The minimum absolute atomic E-state index is 0. The van der Waals surface area contributed by atoms with E-state index in [1.54, 1.807) is 0 Å². The molecule has 0 radical (unpaired) electrons. The van der Waals surface area contributed by atoms with Gasteiger partial charge in [-0.3, -0.25) is 9.59 Å². The number of carbonyl (C=O) groups is 2. The second-order valence-corrected chi connectivity index (χ2v) is 5.31. The summed E-state index contributed by atoms with van der Waals surface area (Å²) in [6, 6.07) is 20.5. The first-order chi connectivity index (χ1) is 12.6. The van der Waals surface area contributed by atoms with E-state index in [2.05, 4.69) is 10.6 Å². The summed E-state index contributed by atoms with van der Waals surface area (Å²) in [7, 11) is 0. The van der Waals surface area contributed by atoms with Crippen LogP contribution in [-0.2, 0) is 28.4 Å². The average molecular weight is 412 g/mol. The van der Waals surface area contributed by atoms with Gasteiger partial charge in [0.1, 0.15) is 17.2 Å². The maximum absolute atomic E-state index is 13.4. The van der Waals surface area contributed by atoms with Gasteiger partial charge in [-0.15, -0.1) is 0 Å². The molecule has 0 bridgehead atoms. The van der Waals surface area contributed by atoms with E-state index in [0.717, 1.165) is 23.8 Å². The van der Waals surface area contributed by atoms with Gasteiger partial charge in [0.2, 0.25) is 5.91 Å². The van der Waals surface area contributed by atoms with Gasteiger partial charge in [-0.25, -0.2) is 27.0 Å². The van der Waals surface area contributed by atoms with Crippen LogP contribution >= 0.6 is 0 Å². The molecule has 3 aromatic rings. The fourth-order valence-electron chi connectivity index (χ4n) is 2.08. The third kappa shape index (κ3) is 7.56. The van der Waals surface area contributed by atoms with E-state index in [4.69, 9.17) is 0 Å². The van der Waals surface area contributed by atoms with Gasteiger partial charge in [-0.1, -0.05) is 6.07 Å². The zero-order valence-corrected chi connectivity index (χ0v) is 15.4. The quantitative estimate of drug-likeness (QED) is 0.500. The van der Waals surface area contributed by atoms with E-state index < -0.39 is 29.0 Å². The van der Waals surface area contributed by atoms with Gasteiger partial charge in [0.25, 0.3) is 5.91 Å². The van der Waals surface area contributed by atoms with Crippen LogP contribution < -0.4 is 10.6 Å². The van der Waals surface area contributed by atoms with Crippen molar-refractivity contribution in [2.45, 2.75) is 6.54 Å². The van der Waals surface area contributed by atoms with Crippen molar-refractivity contribution < 1.29 is 35.4 Å². The summed E-state index contributed by atoms with van der Waals surface area (Å²) >= 11 is 0. The van der Waals surface area contributed by atoms with Crippen LogP contribution in [0.3, 0.4) is 0 Å². The first-order valence-corrected chi connectivity index (χ1v) is 7.94. The summed E-state index contributed by atoms with van der Waals surface area (Å²) in [6.07, 6.45) is 0. The second-order valence-electron chi connectivity index (χ2n) is 5.31. The average Bonchev–Trinajstić information content (AvgIpc) is 3.34. The van der Waals surface area contributed by atoms with Gasteiger partial charge >= 0.3 is 17.1 Å². The van der Waals surface area contributed by atoms with E-state index in [1.807, 2.05) is 54.6 Å². The first-order valence-electron chi connectivity index (χ1n) is 7.94. The van der Waals surface area contributed by atoms with E-state index in [0.29, 0.717) is 6.54 Å². The molecule has 0 aliphatic carbocycles. The summed E-state index contributed by atoms with van der Waals surface area (Å²) in [5.41, 5.74) is 0.233. The van der Waals surface area contributed by atoms with Gasteiger partial charge < -0.3 is 10.6 Å². The van der Waals surface area contributed by atoms with Crippen molar-refractivity contribution in [3.8, 4) is 0 Å². The number of carbonyl (C=O) groups excluding carboxylic acids is 2. The fraction of sp³-hybridized carbons (Fsp3) is 0.100. The third-order valence-electron chi connectivity index (χ3n) is 3.38. The molecule has 0 spiro atoms. The summed E-state index contributed by atoms with van der Waals surface area (Å²) < 4.78 is 26.7. The summed E-state index contributed by atoms with van der Waals surface area (Å²) in [5, 5.41) is 4.76. The molecule has 0 aromatic heterocycles. The molecule has 7 heteroatoms. The Hall–Kier alpha value is -2.76. The Labute approximate surface area is 166 Å². The molecular weight excluding hydrogens is 394 g/mol. The Balaban J connectivity index is 0.000000526. The number of halogens is 2. The van der Waals surface area contributed by atoms with Crippen molar-refractivity contribution in [3.63, 3.8) is 0 Å². The van der Waals surface area contributed by atoms with Crippen LogP contribution in [0.4, 0.5) is 8.78 Å². The van der Waals surface area contributed by atoms with Crippen LogP contribution in [0.5, 0.6) is 0 Å². The number of nitrogens with one attached hydrogen (secondary N) is 2. The number of rotatable bonds is 5. The number of amides is 2. The molecule has 0 fully saturated rings. The van der Waals surface area contributed by atoms with Crippen LogP contribution in [0, 0.1) is 11.6 Å². The van der Waals surface area contributed by atoms with Crippen LogP contribution in [0.15, 0.2) is 72.8 Å². The topological polar surface area (TPSA) is 58.2 Å². The van der Waals surface area contributed by atoms with Gasteiger partial charge in [0, 0.05) is 0 Å². The predicted molar refractivity (Wildman–Crippen MR) is 94.6 cm³/mol. The Morgan fingerprint density at radius 1 is 0.889 bits per heavy atom. The molecule has 0 saturated heterocycles. The zero-order chi connectivity index (χ0) is 18.8. The van der Waals surface area contributed by atoms with Crippen molar-refractivity contribution in [1.82, 2.24) is 10.6 Å². The molecule has 0 atom stereocenters. The maximum Gasteiger partial charge on any atom is 2.00 e. The molecule has 27 heavy (non-hydrogen) atoms. The fourth-order valence-corrected chi connectivity index (χ4v) is 2.08. The van der Waals surface area contributed by atoms with Gasteiger partial charge in [-0.2, -0.15) is 42.0 Å². The molecule has 4 nitrogen and oxygen atoms in total. The van der Waals surface area contributed by atoms with E-state index >= 15 is 0 Å². The normalized spacial score (nSPS) is 9.41. The second kappa shape index (κ2) is 11.8. The summed E-state index contributed by atoms with van der Waals surface area (Å²) in [6.45, 7) is -0.0247.